The molecule has 3 fully saturated rings. The fourth-order valence-electron chi connectivity index (χ4n) is 6.13. The van der Waals surface area contributed by atoms with Gasteiger partial charge in [0.1, 0.15) is 18.2 Å². The summed E-state index contributed by atoms with van der Waals surface area (Å²) in [6.45, 7) is -0.121. The molecule has 3 amide bonds. The van der Waals surface area contributed by atoms with E-state index in [2.05, 4.69) is 20.9 Å². The highest BCUT2D eigenvalue weighted by Gasteiger charge is 2.73. The predicted molar refractivity (Wildman–Crippen MR) is 134 cm³/mol. The van der Waals surface area contributed by atoms with E-state index >= 15 is 0 Å². The highest BCUT2D eigenvalue weighted by molar-refractivity contribution is 8.02. The van der Waals surface area contributed by atoms with Crippen molar-refractivity contribution in [2.24, 2.45) is 11.8 Å². The maximum absolute atomic E-state index is 13.7. The van der Waals surface area contributed by atoms with Crippen LogP contribution in [0.4, 0.5) is 5.69 Å². The van der Waals surface area contributed by atoms with E-state index in [1.165, 1.54) is 4.90 Å². The number of amides is 3. The molecule has 1 aromatic heterocycles. The van der Waals surface area contributed by atoms with Crippen LogP contribution in [0.2, 0.25) is 0 Å². The number of aromatic nitrogens is 3. The summed E-state index contributed by atoms with van der Waals surface area (Å²) in [7, 11) is 0. The molecule has 3 aromatic rings. The first-order valence-electron chi connectivity index (χ1n) is 12.0. The van der Waals surface area contributed by atoms with Crippen LogP contribution in [-0.2, 0) is 21.1 Å². The Hall–Kier alpha value is -3.44. The summed E-state index contributed by atoms with van der Waals surface area (Å²) in [4.78, 5) is 42.1. The maximum atomic E-state index is 13.7. The Kier molecular flexibility index (Phi) is 5.68. The lowest BCUT2D eigenvalue weighted by Crippen LogP contribution is -2.54. The molecule has 10 nitrogen and oxygen atoms in total. The van der Waals surface area contributed by atoms with Crippen molar-refractivity contribution in [1.29, 1.82) is 0 Å². The fourth-order valence-corrected chi connectivity index (χ4v) is 8.35. The van der Waals surface area contributed by atoms with Crippen molar-refractivity contribution in [2.75, 3.05) is 18.5 Å². The second kappa shape index (κ2) is 8.90. The third-order valence-electron chi connectivity index (χ3n) is 7.56. The van der Waals surface area contributed by atoms with E-state index in [-0.39, 0.29) is 42.8 Å². The van der Waals surface area contributed by atoms with Gasteiger partial charge in [-0.25, -0.2) is 4.68 Å². The zero-order valence-corrected chi connectivity index (χ0v) is 20.2. The van der Waals surface area contributed by atoms with Crippen LogP contribution in [0.5, 0.6) is 0 Å². The van der Waals surface area contributed by atoms with Gasteiger partial charge in [-0.3, -0.25) is 14.4 Å². The lowest BCUT2D eigenvalue weighted by atomic mass is 9.70. The summed E-state index contributed by atoms with van der Waals surface area (Å²) >= 11 is 1.59. The number of carbonyl (C=O) groups excluding carboxylic acids is 3. The Morgan fingerprint density at radius 3 is 2.69 bits per heavy atom. The van der Waals surface area contributed by atoms with E-state index in [1.54, 1.807) is 16.4 Å². The van der Waals surface area contributed by atoms with Crippen molar-refractivity contribution in [3.8, 4) is 0 Å². The van der Waals surface area contributed by atoms with Gasteiger partial charge in [-0.1, -0.05) is 35.5 Å². The molecule has 3 N–H and O–H groups in total. The molecule has 4 heterocycles. The van der Waals surface area contributed by atoms with Gasteiger partial charge in [-0.15, -0.1) is 16.9 Å². The van der Waals surface area contributed by atoms with Crippen LogP contribution in [-0.4, -0.2) is 71.9 Å². The standard InChI is InChI=1S/C25H26N6O4S/c32-13-12-30-21(23(34)26-14-31-17-9-5-4-8-16(17)28-29-31)25-11-10-18(36-25)19(20(25)24(30)35)22(33)27-15-6-2-1-3-7-15/h1-9,18-21,32H,10-14H2,(H,26,34)(H,27,33)/t18-,19+,20-,21?,25?/m0/s1. The number of para-hydroxylation sites is 2. The van der Waals surface area contributed by atoms with Gasteiger partial charge in [-0.05, 0) is 37.1 Å². The highest BCUT2D eigenvalue weighted by atomic mass is 32.2. The van der Waals surface area contributed by atoms with Crippen molar-refractivity contribution >= 4 is 46.2 Å². The minimum absolute atomic E-state index is 0.0338. The molecular weight excluding hydrogens is 480 g/mol. The number of anilines is 1. The lowest BCUT2D eigenvalue weighted by Gasteiger charge is -2.34. The summed E-state index contributed by atoms with van der Waals surface area (Å²) < 4.78 is 0.898. The van der Waals surface area contributed by atoms with Crippen LogP contribution in [0.3, 0.4) is 0 Å². The molecular formula is C25H26N6O4S. The smallest absolute Gasteiger partial charge is 0.245 e. The largest absolute Gasteiger partial charge is 0.395 e. The lowest BCUT2D eigenvalue weighted by molar-refractivity contribution is -0.139. The van der Waals surface area contributed by atoms with Crippen LogP contribution in [0, 0.1) is 11.8 Å². The number of nitrogens with zero attached hydrogens (tertiary/aromatic N) is 4. The predicted octanol–water partition coefficient (Wildman–Crippen LogP) is 1.23. The van der Waals surface area contributed by atoms with Gasteiger partial charge in [0, 0.05) is 17.5 Å². The summed E-state index contributed by atoms with van der Waals surface area (Å²) in [5, 5.41) is 23.8. The van der Waals surface area contributed by atoms with Crippen molar-refractivity contribution < 1.29 is 19.5 Å². The van der Waals surface area contributed by atoms with E-state index in [1.807, 2.05) is 54.6 Å². The number of aliphatic hydroxyl groups excluding tert-OH is 1. The fraction of sp³-hybridized carbons (Fsp3) is 0.400. The first-order chi connectivity index (χ1) is 17.5. The normalized spacial score (nSPS) is 28.5. The van der Waals surface area contributed by atoms with Gasteiger partial charge < -0.3 is 20.6 Å². The van der Waals surface area contributed by atoms with Gasteiger partial charge in [-0.2, -0.15) is 0 Å². The van der Waals surface area contributed by atoms with Gasteiger partial charge in [0.15, 0.2) is 0 Å². The molecule has 11 heteroatoms. The number of hydrogen-bond acceptors (Lipinski definition) is 7. The van der Waals surface area contributed by atoms with E-state index < -0.39 is 22.6 Å². The van der Waals surface area contributed by atoms with E-state index in [4.69, 9.17) is 0 Å². The molecule has 0 radical (unpaired) electrons. The molecule has 0 aliphatic carbocycles. The summed E-state index contributed by atoms with van der Waals surface area (Å²) in [5.41, 5.74) is 2.19. The van der Waals surface area contributed by atoms with Gasteiger partial charge >= 0.3 is 0 Å². The topological polar surface area (TPSA) is 129 Å². The Morgan fingerprint density at radius 2 is 1.89 bits per heavy atom. The Morgan fingerprint density at radius 1 is 1.11 bits per heavy atom. The number of benzene rings is 2. The quantitative estimate of drug-likeness (QED) is 0.440. The number of carbonyl (C=O) groups is 3. The summed E-state index contributed by atoms with van der Waals surface area (Å²) in [5.74, 6) is -1.89. The average Bonchev–Trinajstić information content (AvgIpc) is 3.63. The van der Waals surface area contributed by atoms with Crippen molar-refractivity contribution in [1.82, 2.24) is 25.2 Å². The van der Waals surface area contributed by atoms with Crippen LogP contribution < -0.4 is 10.6 Å². The third-order valence-corrected chi connectivity index (χ3v) is 9.51. The second-order valence-corrected chi connectivity index (χ2v) is 11.0. The van der Waals surface area contributed by atoms with Crippen molar-refractivity contribution in [3.63, 3.8) is 0 Å². The van der Waals surface area contributed by atoms with Gasteiger partial charge in [0.25, 0.3) is 0 Å². The molecule has 186 valence electrons. The number of rotatable bonds is 7. The first kappa shape index (κ1) is 23.0. The Bertz CT molecular complexity index is 1330. The molecule has 2 unspecified atom stereocenters. The number of fused-ring (bicyclic) bond motifs is 2. The zero-order valence-electron chi connectivity index (χ0n) is 19.4. The van der Waals surface area contributed by atoms with Crippen LogP contribution in [0.25, 0.3) is 11.0 Å². The summed E-state index contributed by atoms with van der Waals surface area (Å²) in [6, 6.07) is 15.9. The van der Waals surface area contributed by atoms with Crippen molar-refractivity contribution in [3.05, 3.63) is 54.6 Å². The molecule has 2 bridgehead atoms. The molecule has 2 aromatic carbocycles. The van der Waals surface area contributed by atoms with Crippen molar-refractivity contribution in [2.45, 2.75) is 35.5 Å². The molecule has 3 aliphatic rings. The number of hydrogen-bond donors (Lipinski definition) is 3. The molecule has 1 spiro atoms. The second-order valence-electron chi connectivity index (χ2n) is 9.44. The number of likely N-dealkylation sites (tertiary alicyclic amines) is 1. The minimum Gasteiger partial charge on any atom is -0.395 e. The molecule has 3 aliphatic heterocycles. The maximum Gasteiger partial charge on any atom is 0.245 e. The molecule has 36 heavy (non-hydrogen) atoms. The van der Waals surface area contributed by atoms with Crippen LogP contribution >= 0.6 is 11.8 Å². The first-order valence-corrected chi connectivity index (χ1v) is 12.9. The van der Waals surface area contributed by atoms with E-state index in [0.29, 0.717) is 12.1 Å². The molecule has 0 saturated carbocycles. The molecule has 6 rings (SSSR count). The summed E-state index contributed by atoms with van der Waals surface area (Å²) in [6.07, 6.45) is 1.42. The van der Waals surface area contributed by atoms with Crippen LogP contribution in [0.1, 0.15) is 12.8 Å². The van der Waals surface area contributed by atoms with Gasteiger partial charge in [0.05, 0.1) is 28.7 Å². The van der Waals surface area contributed by atoms with Crippen LogP contribution in [0.15, 0.2) is 54.6 Å². The molecule has 3 saturated heterocycles. The monoisotopic (exact) mass is 506 g/mol. The Balaban J connectivity index is 1.26. The SMILES string of the molecule is O=C(NCn1nnc2ccccc21)C1N(CCO)C(=O)[C@@H]2[C@H](C(=O)Nc3ccccc3)[C@@H]3CCC12S3. The van der Waals surface area contributed by atoms with Gasteiger partial charge in [0.2, 0.25) is 17.7 Å². The molecule has 5 atom stereocenters. The van der Waals surface area contributed by atoms with E-state index in [9.17, 15) is 19.5 Å². The number of nitrogens with one attached hydrogen (secondary N) is 2. The third kappa shape index (κ3) is 3.48. The zero-order chi connectivity index (χ0) is 24.9. The average molecular weight is 507 g/mol. The Labute approximate surface area is 211 Å². The van der Waals surface area contributed by atoms with E-state index in [0.717, 1.165) is 17.5 Å². The minimum atomic E-state index is -0.776. The highest BCUT2D eigenvalue weighted by Crippen LogP contribution is 2.66. The number of β-amino-alcohol motifs (C(OH)–C–C–N with tert-alkyl or cyclic N) is 1. The number of aliphatic hydroxyl groups is 1. The number of thioether (sulfide) groups is 1.